The van der Waals surface area contributed by atoms with E-state index in [0.29, 0.717) is 12.1 Å². The summed E-state index contributed by atoms with van der Waals surface area (Å²) in [6.07, 6.45) is 0.0666. The number of fused-ring (bicyclic) bond motifs is 1. The lowest BCUT2D eigenvalue weighted by atomic mass is 9.98. The molecule has 1 aromatic carbocycles. The summed E-state index contributed by atoms with van der Waals surface area (Å²) in [6, 6.07) is 7.32. The minimum absolute atomic E-state index is 0.199. The van der Waals surface area contributed by atoms with E-state index in [4.69, 9.17) is 0 Å². The maximum atomic E-state index is 12.0. The molecular formula is C12H13NO3. The third kappa shape index (κ3) is 1.38. The first-order valence-electron chi connectivity index (χ1n) is 5.21. The Balaban J connectivity index is 2.50. The molecule has 1 aliphatic heterocycles. The van der Waals surface area contributed by atoms with E-state index >= 15 is 0 Å². The van der Waals surface area contributed by atoms with Crippen molar-refractivity contribution in [3.63, 3.8) is 0 Å². The Kier molecular flexibility index (Phi) is 2.64. The fourth-order valence-electron chi connectivity index (χ4n) is 2.07. The van der Waals surface area contributed by atoms with Crippen LogP contribution in [-0.4, -0.2) is 19.1 Å². The molecule has 0 saturated carbocycles. The molecule has 1 unspecified atom stereocenters. The standard InChI is InChI=1S/C12H13NO3/c1-3-8-9-6-4-5-7-10(9)13(11(8)14)12(15)16-2/h4-8H,3H2,1-2H3. The molecule has 1 heterocycles. The van der Waals surface area contributed by atoms with Gasteiger partial charge in [0.25, 0.3) is 0 Å². The van der Waals surface area contributed by atoms with Gasteiger partial charge in [0.15, 0.2) is 0 Å². The van der Waals surface area contributed by atoms with Crippen LogP contribution in [-0.2, 0) is 9.53 Å². The second-order valence-electron chi connectivity index (χ2n) is 3.66. The molecule has 0 aromatic heterocycles. The van der Waals surface area contributed by atoms with Gasteiger partial charge in [0.2, 0.25) is 5.91 Å². The molecule has 0 spiro atoms. The molecule has 0 bridgehead atoms. The SMILES string of the molecule is CCC1C(=O)N(C(=O)OC)c2ccccc21. The summed E-state index contributed by atoms with van der Waals surface area (Å²) in [5.41, 5.74) is 1.55. The predicted octanol–water partition coefficient (Wildman–Crippen LogP) is 2.29. The van der Waals surface area contributed by atoms with Crippen LogP contribution in [0.4, 0.5) is 10.5 Å². The molecule has 0 fully saturated rings. The van der Waals surface area contributed by atoms with Gasteiger partial charge in [-0.25, -0.2) is 9.69 Å². The molecule has 0 N–H and O–H groups in total. The van der Waals surface area contributed by atoms with Gasteiger partial charge in [0.05, 0.1) is 18.7 Å². The molecule has 1 atom stereocenters. The third-order valence-corrected chi connectivity index (χ3v) is 2.84. The van der Waals surface area contributed by atoms with Crippen molar-refractivity contribution in [1.29, 1.82) is 0 Å². The molecular weight excluding hydrogens is 206 g/mol. The second kappa shape index (κ2) is 3.96. The molecule has 1 aliphatic rings. The summed E-state index contributed by atoms with van der Waals surface area (Å²) in [4.78, 5) is 24.7. The van der Waals surface area contributed by atoms with Gasteiger partial charge in [-0.1, -0.05) is 25.1 Å². The summed E-state index contributed by atoms with van der Waals surface area (Å²) in [6.45, 7) is 1.93. The lowest BCUT2D eigenvalue weighted by molar-refractivity contribution is -0.118. The van der Waals surface area contributed by atoms with Crippen LogP contribution in [0.3, 0.4) is 0 Å². The van der Waals surface area contributed by atoms with Crippen molar-refractivity contribution in [3.05, 3.63) is 29.8 Å². The maximum absolute atomic E-state index is 12.0. The average Bonchev–Trinajstić information content (AvgIpc) is 2.60. The maximum Gasteiger partial charge on any atom is 0.420 e. The van der Waals surface area contributed by atoms with Crippen LogP contribution in [0.5, 0.6) is 0 Å². The first kappa shape index (κ1) is 10.7. The molecule has 84 valence electrons. The Hall–Kier alpha value is -1.84. The number of hydrogen-bond donors (Lipinski definition) is 0. The first-order chi connectivity index (χ1) is 7.70. The number of benzene rings is 1. The second-order valence-corrected chi connectivity index (χ2v) is 3.66. The Labute approximate surface area is 93.8 Å². The third-order valence-electron chi connectivity index (χ3n) is 2.84. The highest BCUT2D eigenvalue weighted by atomic mass is 16.5. The van der Waals surface area contributed by atoms with Crippen molar-refractivity contribution >= 4 is 17.7 Å². The van der Waals surface area contributed by atoms with Crippen LogP contribution in [0.15, 0.2) is 24.3 Å². The molecule has 4 heteroatoms. The van der Waals surface area contributed by atoms with Crippen molar-refractivity contribution in [2.45, 2.75) is 19.3 Å². The zero-order chi connectivity index (χ0) is 11.7. The summed E-state index contributed by atoms with van der Waals surface area (Å²) in [5, 5.41) is 0. The van der Waals surface area contributed by atoms with Crippen LogP contribution >= 0.6 is 0 Å². The van der Waals surface area contributed by atoms with Gasteiger partial charge in [-0.05, 0) is 18.1 Å². The van der Waals surface area contributed by atoms with Gasteiger partial charge in [-0.15, -0.1) is 0 Å². The molecule has 0 saturated heterocycles. The summed E-state index contributed by atoms with van der Waals surface area (Å²) >= 11 is 0. The number of ether oxygens (including phenoxy) is 1. The van der Waals surface area contributed by atoms with E-state index in [1.807, 2.05) is 19.1 Å². The average molecular weight is 219 g/mol. The zero-order valence-electron chi connectivity index (χ0n) is 9.27. The number of hydrogen-bond acceptors (Lipinski definition) is 3. The number of amides is 2. The Morgan fingerprint density at radius 3 is 2.75 bits per heavy atom. The molecule has 2 amide bonds. The monoisotopic (exact) mass is 219 g/mol. The Morgan fingerprint density at radius 2 is 2.12 bits per heavy atom. The van der Waals surface area contributed by atoms with Gasteiger partial charge < -0.3 is 4.74 Å². The van der Waals surface area contributed by atoms with E-state index in [-0.39, 0.29) is 11.8 Å². The van der Waals surface area contributed by atoms with Gasteiger partial charge in [-0.2, -0.15) is 0 Å². The Morgan fingerprint density at radius 1 is 1.44 bits per heavy atom. The van der Waals surface area contributed by atoms with Crippen LogP contribution in [0.2, 0.25) is 0 Å². The molecule has 16 heavy (non-hydrogen) atoms. The highest BCUT2D eigenvalue weighted by Crippen LogP contribution is 2.38. The first-order valence-corrected chi connectivity index (χ1v) is 5.21. The zero-order valence-corrected chi connectivity index (χ0v) is 9.27. The van der Waals surface area contributed by atoms with E-state index in [0.717, 1.165) is 10.5 Å². The van der Waals surface area contributed by atoms with Crippen molar-refractivity contribution in [1.82, 2.24) is 0 Å². The van der Waals surface area contributed by atoms with Crippen LogP contribution in [0, 0.1) is 0 Å². The molecule has 4 nitrogen and oxygen atoms in total. The largest absolute Gasteiger partial charge is 0.452 e. The minimum Gasteiger partial charge on any atom is -0.452 e. The van der Waals surface area contributed by atoms with Crippen molar-refractivity contribution in [2.24, 2.45) is 0 Å². The number of anilines is 1. The predicted molar refractivity (Wildman–Crippen MR) is 59.4 cm³/mol. The van der Waals surface area contributed by atoms with Gasteiger partial charge in [-0.3, -0.25) is 4.79 Å². The fourth-order valence-corrected chi connectivity index (χ4v) is 2.07. The normalized spacial score (nSPS) is 18.5. The smallest absolute Gasteiger partial charge is 0.420 e. The van der Waals surface area contributed by atoms with Gasteiger partial charge in [0, 0.05) is 0 Å². The number of imide groups is 1. The number of para-hydroxylation sites is 1. The van der Waals surface area contributed by atoms with E-state index < -0.39 is 6.09 Å². The van der Waals surface area contributed by atoms with Crippen LogP contribution in [0.1, 0.15) is 24.8 Å². The van der Waals surface area contributed by atoms with Crippen molar-refractivity contribution in [2.75, 3.05) is 12.0 Å². The minimum atomic E-state index is -0.617. The van der Waals surface area contributed by atoms with E-state index in [1.54, 1.807) is 12.1 Å². The number of carbonyl (C=O) groups is 2. The number of carbonyl (C=O) groups excluding carboxylic acids is 2. The van der Waals surface area contributed by atoms with Crippen molar-refractivity contribution in [3.8, 4) is 0 Å². The highest BCUT2D eigenvalue weighted by molar-refractivity contribution is 6.19. The Bertz CT molecular complexity index is 442. The number of methoxy groups -OCH3 is 1. The van der Waals surface area contributed by atoms with Gasteiger partial charge in [0.1, 0.15) is 0 Å². The summed E-state index contributed by atoms with van der Waals surface area (Å²) in [5.74, 6) is -0.425. The molecule has 0 radical (unpaired) electrons. The molecule has 1 aromatic rings. The number of rotatable bonds is 1. The summed E-state index contributed by atoms with van der Waals surface area (Å²) < 4.78 is 4.62. The van der Waals surface area contributed by atoms with Gasteiger partial charge >= 0.3 is 6.09 Å². The van der Waals surface area contributed by atoms with Crippen LogP contribution < -0.4 is 4.90 Å². The number of nitrogens with zero attached hydrogens (tertiary/aromatic N) is 1. The topological polar surface area (TPSA) is 46.6 Å². The van der Waals surface area contributed by atoms with Crippen LogP contribution in [0.25, 0.3) is 0 Å². The molecule has 2 rings (SSSR count). The quantitative estimate of drug-likeness (QED) is 0.728. The fraction of sp³-hybridized carbons (Fsp3) is 0.333. The van der Waals surface area contributed by atoms with E-state index in [1.165, 1.54) is 7.11 Å². The molecule has 0 aliphatic carbocycles. The highest BCUT2D eigenvalue weighted by Gasteiger charge is 2.39. The van der Waals surface area contributed by atoms with Crippen molar-refractivity contribution < 1.29 is 14.3 Å². The van der Waals surface area contributed by atoms with E-state index in [9.17, 15) is 9.59 Å². The van der Waals surface area contributed by atoms with E-state index in [2.05, 4.69) is 4.74 Å². The lowest BCUT2D eigenvalue weighted by Crippen LogP contribution is -2.34. The lowest BCUT2D eigenvalue weighted by Gasteiger charge is -2.13. The summed E-state index contributed by atoms with van der Waals surface area (Å²) in [7, 11) is 1.28.